The van der Waals surface area contributed by atoms with Crippen molar-refractivity contribution in [3.8, 4) is 5.75 Å². The number of likely N-dealkylation sites (N-methyl/N-ethyl adjacent to an activating group) is 1. The molecule has 1 aromatic carbocycles. The Morgan fingerprint density at radius 1 is 1.34 bits per heavy atom. The molecule has 0 saturated heterocycles. The molecule has 0 aliphatic rings. The van der Waals surface area contributed by atoms with Gasteiger partial charge in [-0.2, -0.15) is 13.2 Å². The van der Waals surface area contributed by atoms with E-state index in [4.69, 9.17) is 4.74 Å². The standard InChI is InChI=1S/C19H24F3N3O3S/c1-12-11-29-17(24-12)18(27,19(20,21)22)9-16(26)23-10-14(25(2)3)13-7-5-6-8-15(13)28-4/h5-8,11,14,27H,9-10H2,1-4H3,(H,23,26). The van der Waals surface area contributed by atoms with E-state index in [1.807, 2.05) is 17.0 Å². The molecule has 0 radical (unpaired) electrons. The number of para-hydroxylation sites is 1. The molecule has 1 aromatic heterocycles. The van der Waals surface area contributed by atoms with E-state index in [0.717, 1.165) is 5.56 Å². The van der Waals surface area contributed by atoms with Crippen LogP contribution in [0.2, 0.25) is 0 Å². The van der Waals surface area contributed by atoms with Gasteiger partial charge in [0.2, 0.25) is 11.5 Å². The van der Waals surface area contributed by atoms with Crippen LogP contribution < -0.4 is 10.1 Å². The zero-order chi connectivity index (χ0) is 21.8. The van der Waals surface area contributed by atoms with Gasteiger partial charge in [-0.1, -0.05) is 18.2 Å². The second kappa shape index (κ2) is 9.10. The topological polar surface area (TPSA) is 74.7 Å². The van der Waals surface area contributed by atoms with Gasteiger partial charge in [-0.25, -0.2) is 4.98 Å². The minimum atomic E-state index is -5.04. The monoisotopic (exact) mass is 431 g/mol. The molecule has 2 rings (SSSR count). The zero-order valence-corrected chi connectivity index (χ0v) is 17.4. The maximum absolute atomic E-state index is 13.6. The first-order valence-electron chi connectivity index (χ1n) is 8.77. The Bertz CT molecular complexity index is 841. The van der Waals surface area contributed by atoms with Crippen molar-refractivity contribution in [1.82, 2.24) is 15.2 Å². The fraction of sp³-hybridized carbons (Fsp3) is 0.474. The van der Waals surface area contributed by atoms with Crippen molar-refractivity contribution in [2.75, 3.05) is 27.7 Å². The van der Waals surface area contributed by atoms with Gasteiger partial charge in [-0.3, -0.25) is 4.79 Å². The summed E-state index contributed by atoms with van der Waals surface area (Å²) in [5.74, 6) is -0.329. The molecule has 0 fully saturated rings. The minimum Gasteiger partial charge on any atom is -0.496 e. The van der Waals surface area contributed by atoms with Gasteiger partial charge in [-0.15, -0.1) is 11.3 Å². The van der Waals surface area contributed by atoms with E-state index in [1.165, 1.54) is 19.4 Å². The van der Waals surface area contributed by atoms with Crippen LogP contribution in [0.1, 0.15) is 28.7 Å². The lowest BCUT2D eigenvalue weighted by Gasteiger charge is -2.29. The third-order valence-electron chi connectivity index (χ3n) is 4.47. The maximum Gasteiger partial charge on any atom is 0.424 e. The Hall–Kier alpha value is -2.17. The van der Waals surface area contributed by atoms with Crippen molar-refractivity contribution in [2.24, 2.45) is 0 Å². The van der Waals surface area contributed by atoms with E-state index in [1.54, 1.807) is 26.2 Å². The minimum absolute atomic E-state index is 0.0387. The highest BCUT2D eigenvalue weighted by atomic mass is 32.1. The Labute approximate surface area is 171 Å². The SMILES string of the molecule is COc1ccccc1C(CNC(=O)CC(O)(c1nc(C)cs1)C(F)(F)F)N(C)C. The average molecular weight is 431 g/mol. The summed E-state index contributed by atoms with van der Waals surface area (Å²) < 4.78 is 46.0. The molecule has 2 unspecified atom stereocenters. The fourth-order valence-electron chi connectivity index (χ4n) is 2.86. The first kappa shape index (κ1) is 23.1. The van der Waals surface area contributed by atoms with Crippen LogP contribution in [-0.2, 0) is 10.4 Å². The summed E-state index contributed by atoms with van der Waals surface area (Å²) in [6.45, 7) is 1.56. The highest BCUT2D eigenvalue weighted by Gasteiger charge is 2.58. The van der Waals surface area contributed by atoms with Crippen LogP contribution in [0.5, 0.6) is 5.75 Å². The Kier molecular flexibility index (Phi) is 7.25. The number of nitrogens with one attached hydrogen (secondary N) is 1. The number of carbonyl (C=O) groups is 1. The molecule has 1 amide bonds. The number of alkyl halides is 3. The van der Waals surface area contributed by atoms with Gasteiger partial charge in [0.15, 0.2) is 0 Å². The van der Waals surface area contributed by atoms with Gasteiger partial charge in [0.1, 0.15) is 10.8 Å². The number of halogens is 3. The molecule has 160 valence electrons. The van der Waals surface area contributed by atoms with E-state index in [0.29, 0.717) is 22.8 Å². The predicted molar refractivity (Wildman–Crippen MR) is 104 cm³/mol. The third kappa shape index (κ3) is 5.26. The van der Waals surface area contributed by atoms with E-state index in [2.05, 4.69) is 10.3 Å². The van der Waals surface area contributed by atoms with Crippen LogP contribution in [0, 0.1) is 6.92 Å². The van der Waals surface area contributed by atoms with E-state index < -0.39 is 29.1 Å². The summed E-state index contributed by atoms with van der Waals surface area (Å²) in [4.78, 5) is 17.9. The molecule has 1 heterocycles. The lowest BCUT2D eigenvalue weighted by atomic mass is 9.98. The van der Waals surface area contributed by atoms with Gasteiger partial charge in [0.05, 0.1) is 19.6 Å². The number of aryl methyl sites for hydroxylation is 1. The summed E-state index contributed by atoms with van der Waals surface area (Å²) in [5, 5.41) is 13.7. The van der Waals surface area contributed by atoms with Gasteiger partial charge in [0, 0.05) is 23.2 Å². The van der Waals surface area contributed by atoms with Gasteiger partial charge in [-0.05, 0) is 27.1 Å². The Morgan fingerprint density at radius 2 is 2.00 bits per heavy atom. The molecule has 6 nitrogen and oxygen atoms in total. The third-order valence-corrected chi connectivity index (χ3v) is 5.58. The van der Waals surface area contributed by atoms with Gasteiger partial charge in [0.25, 0.3) is 0 Å². The number of benzene rings is 1. The summed E-state index contributed by atoms with van der Waals surface area (Å²) >= 11 is 0.671. The van der Waals surface area contributed by atoms with Crippen molar-refractivity contribution in [3.05, 3.63) is 45.9 Å². The summed E-state index contributed by atoms with van der Waals surface area (Å²) in [6, 6.07) is 6.85. The smallest absolute Gasteiger partial charge is 0.424 e. The first-order chi connectivity index (χ1) is 13.5. The molecule has 0 saturated carbocycles. The number of nitrogens with zero attached hydrogens (tertiary/aromatic N) is 2. The first-order valence-corrected chi connectivity index (χ1v) is 9.65. The Balaban J connectivity index is 2.17. The maximum atomic E-state index is 13.6. The van der Waals surface area contributed by atoms with Crippen molar-refractivity contribution < 1.29 is 27.8 Å². The van der Waals surface area contributed by atoms with Gasteiger partial charge >= 0.3 is 6.18 Å². The second-order valence-corrected chi connectivity index (χ2v) is 7.71. The predicted octanol–water partition coefficient (Wildman–Crippen LogP) is 3.02. The highest BCUT2D eigenvalue weighted by Crippen LogP contribution is 2.42. The number of carbonyl (C=O) groups excluding carboxylic acids is 1. The number of ether oxygens (including phenoxy) is 1. The number of aliphatic hydroxyl groups is 1. The molecule has 2 N–H and O–H groups in total. The van der Waals surface area contributed by atoms with Crippen molar-refractivity contribution in [3.63, 3.8) is 0 Å². The number of amides is 1. The average Bonchev–Trinajstić information content (AvgIpc) is 3.08. The second-order valence-electron chi connectivity index (χ2n) is 6.85. The molecule has 2 atom stereocenters. The van der Waals surface area contributed by atoms with Crippen molar-refractivity contribution in [1.29, 1.82) is 0 Å². The van der Waals surface area contributed by atoms with E-state index in [-0.39, 0.29) is 12.6 Å². The molecule has 2 aromatic rings. The largest absolute Gasteiger partial charge is 0.496 e. The lowest BCUT2D eigenvalue weighted by Crippen LogP contribution is -2.47. The quantitative estimate of drug-likeness (QED) is 0.672. The fourth-order valence-corrected chi connectivity index (χ4v) is 3.77. The van der Waals surface area contributed by atoms with Crippen LogP contribution in [0.4, 0.5) is 13.2 Å². The molecular weight excluding hydrogens is 407 g/mol. The number of hydrogen-bond donors (Lipinski definition) is 2. The van der Waals surface area contributed by atoms with Crippen LogP contribution in [0.25, 0.3) is 0 Å². The number of rotatable bonds is 8. The number of thiazole rings is 1. The molecule has 29 heavy (non-hydrogen) atoms. The van der Waals surface area contributed by atoms with Crippen LogP contribution in [-0.4, -0.2) is 54.8 Å². The Morgan fingerprint density at radius 3 is 2.52 bits per heavy atom. The number of methoxy groups -OCH3 is 1. The highest BCUT2D eigenvalue weighted by molar-refractivity contribution is 7.09. The molecule has 0 bridgehead atoms. The summed E-state index contributed by atoms with van der Waals surface area (Å²) in [5.41, 5.74) is -2.22. The molecule has 10 heteroatoms. The molecular formula is C19H24F3N3O3S. The summed E-state index contributed by atoms with van der Waals surface area (Å²) in [6.07, 6.45) is -6.21. The van der Waals surface area contributed by atoms with Crippen LogP contribution in [0.15, 0.2) is 29.6 Å². The van der Waals surface area contributed by atoms with Crippen molar-refractivity contribution in [2.45, 2.75) is 31.2 Å². The normalized spacial score (nSPS) is 15.1. The number of hydrogen-bond acceptors (Lipinski definition) is 6. The summed E-state index contributed by atoms with van der Waals surface area (Å²) in [7, 11) is 5.09. The van der Waals surface area contributed by atoms with Crippen LogP contribution in [0.3, 0.4) is 0 Å². The van der Waals surface area contributed by atoms with Crippen LogP contribution >= 0.6 is 11.3 Å². The zero-order valence-electron chi connectivity index (χ0n) is 16.6. The molecule has 0 aliphatic heterocycles. The van der Waals surface area contributed by atoms with Crippen molar-refractivity contribution >= 4 is 17.2 Å². The van der Waals surface area contributed by atoms with E-state index >= 15 is 0 Å². The molecule has 0 aliphatic carbocycles. The lowest BCUT2D eigenvalue weighted by molar-refractivity contribution is -0.267. The molecule has 0 spiro atoms. The van der Waals surface area contributed by atoms with E-state index in [9.17, 15) is 23.1 Å². The van der Waals surface area contributed by atoms with Gasteiger partial charge < -0.3 is 20.1 Å². The number of aromatic nitrogens is 1.